The van der Waals surface area contributed by atoms with Crippen LogP contribution in [-0.4, -0.2) is 15.6 Å². The number of hydrogen-bond donors (Lipinski definition) is 1. The Morgan fingerprint density at radius 1 is 1.14 bits per heavy atom. The molecule has 4 heteroatoms. The average Bonchev–Trinajstić information content (AvgIpc) is 2.99. The second kappa shape index (κ2) is 5.04. The van der Waals surface area contributed by atoms with Crippen LogP contribution in [-0.2, 0) is 0 Å². The standard InChI is InChI=1S/C17H21N3O/c1-10-7-14-15(8-11(10)2)20(9-19-14)17(13(4)18)16-6-5-12(3)21-16/h5-9,13,17H,18H2,1-4H3. The molecule has 110 valence electrons. The molecular weight excluding hydrogens is 262 g/mol. The molecule has 0 bridgehead atoms. The fraction of sp³-hybridized carbons (Fsp3) is 0.353. The Morgan fingerprint density at radius 3 is 2.48 bits per heavy atom. The molecule has 0 aliphatic carbocycles. The normalized spacial score (nSPS) is 14.5. The van der Waals surface area contributed by atoms with Gasteiger partial charge in [-0.3, -0.25) is 0 Å². The number of nitrogens with zero attached hydrogens (tertiary/aromatic N) is 2. The van der Waals surface area contributed by atoms with Crippen LogP contribution in [0, 0.1) is 20.8 Å². The van der Waals surface area contributed by atoms with Gasteiger partial charge in [0.1, 0.15) is 17.6 Å². The highest BCUT2D eigenvalue weighted by Crippen LogP contribution is 2.28. The minimum Gasteiger partial charge on any atom is -0.464 e. The SMILES string of the molecule is Cc1ccc(C(C(C)N)n2cnc3cc(C)c(C)cc32)o1. The maximum absolute atomic E-state index is 6.22. The van der Waals surface area contributed by atoms with Gasteiger partial charge in [-0.1, -0.05) is 0 Å². The lowest BCUT2D eigenvalue weighted by atomic mass is 10.1. The second-order valence-electron chi connectivity index (χ2n) is 5.83. The lowest BCUT2D eigenvalue weighted by molar-refractivity contribution is 0.385. The van der Waals surface area contributed by atoms with Crippen molar-refractivity contribution in [1.82, 2.24) is 9.55 Å². The summed E-state index contributed by atoms with van der Waals surface area (Å²) in [6.45, 7) is 8.16. The van der Waals surface area contributed by atoms with E-state index < -0.39 is 0 Å². The van der Waals surface area contributed by atoms with Gasteiger partial charge in [-0.25, -0.2) is 4.98 Å². The van der Waals surface area contributed by atoms with Crippen molar-refractivity contribution in [2.45, 2.75) is 39.8 Å². The maximum atomic E-state index is 6.22. The van der Waals surface area contributed by atoms with Crippen LogP contribution in [0.2, 0.25) is 0 Å². The van der Waals surface area contributed by atoms with Crippen molar-refractivity contribution >= 4 is 11.0 Å². The number of benzene rings is 1. The maximum Gasteiger partial charge on any atom is 0.128 e. The van der Waals surface area contributed by atoms with Gasteiger partial charge in [0.05, 0.1) is 17.4 Å². The number of furan rings is 1. The Balaban J connectivity index is 2.18. The van der Waals surface area contributed by atoms with Crippen molar-refractivity contribution < 1.29 is 4.42 Å². The molecule has 0 aliphatic heterocycles. The molecule has 0 saturated carbocycles. The number of rotatable bonds is 3. The number of nitrogens with two attached hydrogens (primary N) is 1. The first-order chi connectivity index (χ1) is 9.97. The van der Waals surface area contributed by atoms with E-state index in [1.54, 1.807) is 0 Å². The quantitative estimate of drug-likeness (QED) is 0.800. The zero-order chi connectivity index (χ0) is 15.1. The van der Waals surface area contributed by atoms with E-state index in [1.165, 1.54) is 11.1 Å². The number of aryl methyl sites for hydroxylation is 3. The molecule has 2 atom stereocenters. The number of aromatic nitrogens is 2. The van der Waals surface area contributed by atoms with Gasteiger partial charge >= 0.3 is 0 Å². The highest BCUT2D eigenvalue weighted by atomic mass is 16.3. The highest BCUT2D eigenvalue weighted by Gasteiger charge is 2.23. The molecule has 2 aromatic heterocycles. The Morgan fingerprint density at radius 2 is 1.86 bits per heavy atom. The van der Waals surface area contributed by atoms with Gasteiger partial charge in [0.15, 0.2) is 0 Å². The first-order valence-corrected chi connectivity index (χ1v) is 7.23. The molecule has 0 amide bonds. The van der Waals surface area contributed by atoms with Gasteiger partial charge in [-0.2, -0.15) is 0 Å². The summed E-state index contributed by atoms with van der Waals surface area (Å²) < 4.78 is 7.92. The Kier molecular flexibility index (Phi) is 3.33. The predicted octanol–water partition coefficient (Wildman–Crippen LogP) is 3.49. The van der Waals surface area contributed by atoms with E-state index in [2.05, 4.69) is 35.5 Å². The zero-order valence-corrected chi connectivity index (χ0v) is 12.9. The van der Waals surface area contributed by atoms with Crippen molar-refractivity contribution in [3.05, 3.63) is 53.2 Å². The van der Waals surface area contributed by atoms with Crippen molar-refractivity contribution in [3.8, 4) is 0 Å². The molecule has 0 radical (unpaired) electrons. The summed E-state index contributed by atoms with van der Waals surface area (Å²) in [5, 5.41) is 0. The lowest BCUT2D eigenvalue weighted by Crippen LogP contribution is -2.29. The molecule has 0 aliphatic rings. The van der Waals surface area contributed by atoms with Gasteiger partial charge in [0.25, 0.3) is 0 Å². The summed E-state index contributed by atoms with van der Waals surface area (Å²) in [6.07, 6.45) is 1.86. The topological polar surface area (TPSA) is 57.0 Å². The Hall–Kier alpha value is -2.07. The van der Waals surface area contributed by atoms with Crippen LogP contribution in [0.5, 0.6) is 0 Å². The average molecular weight is 283 g/mol. The molecular formula is C17H21N3O. The van der Waals surface area contributed by atoms with Crippen LogP contribution in [0.25, 0.3) is 11.0 Å². The Labute approximate surface area is 124 Å². The van der Waals surface area contributed by atoms with Gasteiger partial charge in [-0.15, -0.1) is 0 Å². The molecule has 2 N–H and O–H groups in total. The summed E-state index contributed by atoms with van der Waals surface area (Å²) >= 11 is 0. The molecule has 21 heavy (non-hydrogen) atoms. The van der Waals surface area contributed by atoms with E-state index in [0.717, 1.165) is 22.6 Å². The molecule has 2 unspecified atom stereocenters. The summed E-state index contributed by atoms with van der Waals surface area (Å²) in [4.78, 5) is 4.52. The second-order valence-corrected chi connectivity index (χ2v) is 5.83. The van der Waals surface area contributed by atoms with Gasteiger partial charge in [0, 0.05) is 6.04 Å². The van der Waals surface area contributed by atoms with Crippen LogP contribution >= 0.6 is 0 Å². The number of fused-ring (bicyclic) bond motifs is 1. The first-order valence-electron chi connectivity index (χ1n) is 7.23. The summed E-state index contributed by atoms with van der Waals surface area (Å²) in [6, 6.07) is 8.13. The number of imidazole rings is 1. The van der Waals surface area contributed by atoms with E-state index >= 15 is 0 Å². The zero-order valence-electron chi connectivity index (χ0n) is 12.9. The van der Waals surface area contributed by atoms with Crippen LogP contribution < -0.4 is 5.73 Å². The van der Waals surface area contributed by atoms with Gasteiger partial charge in [0.2, 0.25) is 0 Å². The third-order valence-corrected chi connectivity index (χ3v) is 4.04. The molecule has 4 nitrogen and oxygen atoms in total. The minimum atomic E-state index is -0.0745. The molecule has 3 rings (SSSR count). The van der Waals surface area contributed by atoms with Crippen molar-refractivity contribution in [2.24, 2.45) is 5.73 Å². The third kappa shape index (κ3) is 2.36. The molecule has 0 spiro atoms. The van der Waals surface area contributed by atoms with Gasteiger partial charge < -0.3 is 14.7 Å². The molecule has 0 fully saturated rings. The summed E-state index contributed by atoms with van der Waals surface area (Å²) in [5.74, 6) is 1.77. The van der Waals surface area contributed by atoms with Crippen LogP contribution in [0.3, 0.4) is 0 Å². The molecule has 2 heterocycles. The molecule has 0 saturated heterocycles. The predicted molar refractivity (Wildman–Crippen MR) is 84.4 cm³/mol. The number of hydrogen-bond acceptors (Lipinski definition) is 3. The van der Waals surface area contributed by atoms with Crippen LogP contribution in [0.4, 0.5) is 0 Å². The fourth-order valence-electron chi connectivity index (χ4n) is 2.77. The highest BCUT2D eigenvalue weighted by molar-refractivity contribution is 5.77. The van der Waals surface area contributed by atoms with E-state index in [-0.39, 0.29) is 12.1 Å². The van der Waals surface area contributed by atoms with E-state index in [9.17, 15) is 0 Å². The summed E-state index contributed by atoms with van der Waals surface area (Å²) in [7, 11) is 0. The largest absolute Gasteiger partial charge is 0.464 e. The monoisotopic (exact) mass is 283 g/mol. The lowest BCUT2D eigenvalue weighted by Gasteiger charge is -2.21. The minimum absolute atomic E-state index is 0.0502. The fourth-order valence-corrected chi connectivity index (χ4v) is 2.77. The molecule has 3 aromatic rings. The van der Waals surface area contributed by atoms with Crippen molar-refractivity contribution in [2.75, 3.05) is 0 Å². The summed E-state index contributed by atoms with van der Waals surface area (Å²) in [5.41, 5.74) is 10.8. The Bertz CT molecular complexity index is 783. The van der Waals surface area contributed by atoms with Crippen molar-refractivity contribution in [3.63, 3.8) is 0 Å². The van der Waals surface area contributed by atoms with Crippen molar-refractivity contribution in [1.29, 1.82) is 0 Å². The van der Waals surface area contributed by atoms with Crippen LogP contribution in [0.1, 0.15) is 35.6 Å². The first kappa shape index (κ1) is 13.9. The van der Waals surface area contributed by atoms with E-state index in [0.29, 0.717) is 0 Å². The smallest absolute Gasteiger partial charge is 0.128 e. The van der Waals surface area contributed by atoms with E-state index in [1.807, 2.05) is 32.3 Å². The third-order valence-electron chi connectivity index (χ3n) is 4.04. The van der Waals surface area contributed by atoms with Gasteiger partial charge in [-0.05, 0) is 63.1 Å². The van der Waals surface area contributed by atoms with E-state index in [4.69, 9.17) is 10.2 Å². The molecule has 1 aromatic carbocycles. The van der Waals surface area contributed by atoms with Crippen LogP contribution in [0.15, 0.2) is 35.0 Å².